The standard InChI is InChI=1S/C17H15F5N2O2S/c18-16(19)11-24(10-8-13(16)12-5-2-1-3-6-12)27(25,26)15-14(17(20,21)22)7-4-9-23-15/h1-7,9,13H,8,10-11H2. The van der Waals surface area contributed by atoms with Crippen LogP contribution in [0.15, 0.2) is 53.7 Å². The van der Waals surface area contributed by atoms with E-state index in [9.17, 15) is 30.4 Å². The molecule has 0 bridgehead atoms. The van der Waals surface area contributed by atoms with Gasteiger partial charge in [-0.3, -0.25) is 0 Å². The van der Waals surface area contributed by atoms with Gasteiger partial charge >= 0.3 is 6.18 Å². The van der Waals surface area contributed by atoms with Gasteiger partial charge in [0.05, 0.1) is 18.0 Å². The molecule has 3 rings (SSSR count). The second-order valence-electron chi connectivity index (χ2n) is 6.21. The van der Waals surface area contributed by atoms with Crippen LogP contribution in [0.4, 0.5) is 22.0 Å². The molecule has 1 aromatic heterocycles. The van der Waals surface area contributed by atoms with Gasteiger partial charge in [-0.05, 0) is 24.1 Å². The number of halogens is 5. The minimum Gasteiger partial charge on any atom is -0.243 e. The number of hydrogen-bond donors (Lipinski definition) is 0. The van der Waals surface area contributed by atoms with Crippen LogP contribution >= 0.6 is 0 Å². The van der Waals surface area contributed by atoms with E-state index in [0.717, 1.165) is 12.3 Å². The van der Waals surface area contributed by atoms with Crippen LogP contribution < -0.4 is 0 Å². The van der Waals surface area contributed by atoms with Crippen LogP contribution in [0.25, 0.3) is 0 Å². The SMILES string of the molecule is O=S(=O)(c1ncccc1C(F)(F)F)N1CCC(c2ccccc2)C(F)(F)C1. The van der Waals surface area contributed by atoms with Crippen LogP contribution in [0.2, 0.25) is 0 Å². The van der Waals surface area contributed by atoms with Crippen LogP contribution in [0.3, 0.4) is 0 Å². The first-order valence-corrected chi connectivity index (χ1v) is 9.42. The van der Waals surface area contributed by atoms with E-state index >= 15 is 0 Å². The number of benzene rings is 1. The van der Waals surface area contributed by atoms with Crippen LogP contribution in [0.5, 0.6) is 0 Å². The van der Waals surface area contributed by atoms with Crippen molar-refractivity contribution in [1.82, 2.24) is 9.29 Å². The summed E-state index contributed by atoms with van der Waals surface area (Å²) in [5.74, 6) is -4.64. The van der Waals surface area contributed by atoms with Crippen molar-refractivity contribution in [3.63, 3.8) is 0 Å². The number of sulfonamides is 1. The molecule has 27 heavy (non-hydrogen) atoms. The van der Waals surface area contributed by atoms with Crippen LogP contribution in [-0.4, -0.2) is 36.7 Å². The van der Waals surface area contributed by atoms with E-state index in [2.05, 4.69) is 4.98 Å². The van der Waals surface area contributed by atoms with Crippen molar-refractivity contribution < 1.29 is 30.4 Å². The van der Waals surface area contributed by atoms with Crippen LogP contribution in [-0.2, 0) is 16.2 Å². The Bertz CT molecular complexity index is 916. The van der Waals surface area contributed by atoms with Crippen molar-refractivity contribution in [2.24, 2.45) is 0 Å². The molecule has 2 aromatic rings. The Morgan fingerprint density at radius 1 is 1.07 bits per heavy atom. The van der Waals surface area contributed by atoms with Gasteiger partial charge in [-0.25, -0.2) is 22.2 Å². The highest BCUT2D eigenvalue weighted by Gasteiger charge is 2.50. The molecule has 1 unspecified atom stereocenters. The lowest BCUT2D eigenvalue weighted by molar-refractivity contribution is -0.140. The zero-order valence-electron chi connectivity index (χ0n) is 13.8. The molecule has 0 aliphatic carbocycles. The molecule has 0 N–H and O–H groups in total. The molecule has 0 amide bonds. The van der Waals surface area contributed by atoms with Gasteiger partial charge in [0.25, 0.3) is 15.9 Å². The smallest absolute Gasteiger partial charge is 0.243 e. The molecule has 1 aromatic carbocycles. The number of piperidine rings is 1. The summed E-state index contributed by atoms with van der Waals surface area (Å²) in [5, 5.41) is -1.26. The monoisotopic (exact) mass is 406 g/mol. The molecule has 0 spiro atoms. The van der Waals surface area contributed by atoms with Gasteiger partial charge in [0, 0.05) is 12.7 Å². The first-order chi connectivity index (χ1) is 12.5. The third-order valence-corrected chi connectivity index (χ3v) is 6.23. The molecular formula is C17H15F5N2O2S. The van der Waals surface area contributed by atoms with E-state index in [4.69, 9.17) is 0 Å². The van der Waals surface area contributed by atoms with Crippen molar-refractivity contribution in [2.75, 3.05) is 13.1 Å². The summed E-state index contributed by atoms with van der Waals surface area (Å²) in [6.07, 6.45) is -4.30. The van der Waals surface area contributed by atoms with Gasteiger partial charge in [0.15, 0.2) is 5.03 Å². The molecule has 10 heteroatoms. The fraction of sp³-hybridized carbons (Fsp3) is 0.353. The van der Waals surface area contributed by atoms with E-state index in [1.807, 2.05) is 0 Å². The van der Waals surface area contributed by atoms with Gasteiger partial charge in [0.1, 0.15) is 0 Å². The van der Waals surface area contributed by atoms with Gasteiger partial charge in [-0.2, -0.15) is 17.5 Å². The highest BCUT2D eigenvalue weighted by atomic mass is 32.2. The normalized spacial score (nSPS) is 21.1. The maximum absolute atomic E-state index is 14.6. The van der Waals surface area contributed by atoms with Crippen molar-refractivity contribution in [3.05, 3.63) is 59.8 Å². The van der Waals surface area contributed by atoms with E-state index < -0.39 is 45.2 Å². The van der Waals surface area contributed by atoms with Crippen LogP contribution in [0, 0.1) is 0 Å². The Morgan fingerprint density at radius 3 is 2.33 bits per heavy atom. The predicted molar refractivity (Wildman–Crippen MR) is 86.7 cm³/mol. The fourth-order valence-corrected chi connectivity index (χ4v) is 4.73. The van der Waals surface area contributed by atoms with E-state index in [1.54, 1.807) is 18.2 Å². The number of aromatic nitrogens is 1. The van der Waals surface area contributed by atoms with Gasteiger partial charge in [0.2, 0.25) is 0 Å². The number of rotatable bonds is 3. The zero-order valence-corrected chi connectivity index (χ0v) is 14.6. The van der Waals surface area contributed by atoms with Gasteiger partial charge in [-0.1, -0.05) is 30.3 Å². The highest BCUT2D eigenvalue weighted by molar-refractivity contribution is 7.89. The molecule has 2 heterocycles. The van der Waals surface area contributed by atoms with Crippen LogP contribution in [0.1, 0.15) is 23.5 Å². The highest BCUT2D eigenvalue weighted by Crippen LogP contribution is 2.42. The predicted octanol–water partition coefficient (Wildman–Crippen LogP) is 3.91. The lowest BCUT2D eigenvalue weighted by atomic mass is 9.87. The quantitative estimate of drug-likeness (QED) is 0.727. The molecule has 1 fully saturated rings. The van der Waals surface area contributed by atoms with Gasteiger partial charge in [-0.15, -0.1) is 0 Å². The average molecular weight is 406 g/mol. The largest absolute Gasteiger partial charge is 0.419 e. The number of nitrogens with zero attached hydrogens (tertiary/aromatic N) is 2. The van der Waals surface area contributed by atoms with Gasteiger partial charge < -0.3 is 0 Å². The fourth-order valence-electron chi connectivity index (χ4n) is 3.14. The maximum Gasteiger partial charge on any atom is 0.419 e. The van der Waals surface area contributed by atoms with Crippen molar-refractivity contribution >= 4 is 10.0 Å². The summed E-state index contributed by atoms with van der Waals surface area (Å²) in [5.41, 5.74) is -1.12. The second-order valence-corrected chi connectivity index (χ2v) is 8.06. The summed E-state index contributed by atoms with van der Waals surface area (Å²) in [6, 6.07) is 9.40. The summed E-state index contributed by atoms with van der Waals surface area (Å²) in [6.45, 7) is -1.53. The first kappa shape index (κ1) is 19.7. The molecule has 4 nitrogen and oxygen atoms in total. The molecule has 0 saturated carbocycles. The molecule has 146 valence electrons. The first-order valence-electron chi connectivity index (χ1n) is 7.98. The van der Waals surface area contributed by atoms with Crippen molar-refractivity contribution in [2.45, 2.75) is 29.5 Å². The minimum absolute atomic E-state index is 0.218. The minimum atomic E-state index is -4.97. The van der Waals surface area contributed by atoms with Crippen molar-refractivity contribution in [1.29, 1.82) is 0 Å². The molecule has 1 aliphatic heterocycles. The second kappa shape index (κ2) is 6.83. The van der Waals surface area contributed by atoms with E-state index in [0.29, 0.717) is 15.9 Å². The number of hydrogen-bond acceptors (Lipinski definition) is 3. The summed E-state index contributed by atoms with van der Waals surface area (Å²) in [4.78, 5) is 3.32. The third kappa shape index (κ3) is 3.81. The topological polar surface area (TPSA) is 50.3 Å². The molecular weight excluding hydrogens is 391 g/mol. The Kier molecular flexibility index (Phi) is 4.98. The molecule has 1 saturated heterocycles. The van der Waals surface area contributed by atoms with E-state index in [-0.39, 0.29) is 13.0 Å². The maximum atomic E-state index is 14.6. The third-order valence-electron chi connectivity index (χ3n) is 4.43. The molecule has 1 aliphatic rings. The molecule has 1 atom stereocenters. The van der Waals surface area contributed by atoms with E-state index in [1.165, 1.54) is 12.1 Å². The lowest BCUT2D eigenvalue weighted by Gasteiger charge is -2.37. The Morgan fingerprint density at radius 2 is 1.74 bits per heavy atom. The summed E-state index contributed by atoms with van der Waals surface area (Å²) in [7, 11) is -4.83. The Hall–Kier alpha value is -2.07. The Labute approximate surface area is 152 Å². The zero-order chi connectivity index (χ0) is 19.9. The summed E-state index contributed by atoms with van der Waals surface area (Å²) >= 11 is 0. The average Bonchev–Trinajstić information content (AvgIpc) is 2.61. The molecule has 0 radical (unpaired) electrons. The Balaban J connectivity index is 1.93. The van der Waals surface area contributed by atoms with Crippen molar-refractivity contribution in [3.8, 4) is 0 Å². The lowest BCUT2D eigenvalue weighted by Crippen LogP contribution is -2.50. The summed E-state index contributed by atoms with van der Waals surface area (Å²) < 4.78 is 94.2. The number of pyridine rings is 1. The number of alkyl halides is 5.